The molecule has 92 valence electrons. The Morgan fingerprint density at radius 1 is 1.41 bits per heavy atom. The van der Waals surface area contributed by atoms with Gasteiger partial charge in [0.25, 0.3) is 0 Å². The Balaban J connectivity index is 2.21. The maximum Gasteiger partial charge on any atom is 0.325 e. The lowest BCUT2D eigenvalue weighted by atomic mass is 10.1. The van der Waals surface area contributed by atoms with Crippen molar-refractivity contribution in [3.8, 4) is 0 Å². The van der Waals surface area contributed by atoms with Crippen molar-refractivity contribution in [1.29, 1.82) is 0 Å². The van der Waals surface area contributed by atoms with Crippen molar-refractivity contribution >= 4 is 17.7 Å². The molecule has 2 rings (SSSR count). The molecule has 1 aliphatic rings. The minimum Gasteiger partial charge on any atom is -0.480 e. The summed E-state index contributed by atoms with van der Waals surface area (Å²) >= 11 is 1.66. The smallest absolute Gasteiger partial charge is 0.325 e. The summed E-state index contributed by atoms with van der Waals surface area (Å²) in [6.07, 6.45) is 4.24. The quantitative estimate of drug-likeness (QED) is 0.817. The van der Waals surface area contributed by atoms with Gasteiger partial charge in [0, 0.05) is 10.9 Å². The van der Waals surface area contributed by atoms with E-state index in [1.54, 1.807) is 11.8 Å². The summed E-state index contributed by atoms with van der Waals surface area (Å²) in [5, 5.41) is 9.35. The summed E-state index contributed by atoms with van der Waals surface area (Å²) in [6, 6.07) is 7.73. The van der Waals surface area contributed by atoms with Crippen molar-refractivity contribution in [2.45, 2.75) is 29.8 Å². The molecule has 0 amide bonds. The maximum atomic E-state index is 11.4. The van der Waals surface area contributed by atoms with Gasteiger partial charge in [0.15, 0.2) is 0 Å². The molecule has 1 aromatic rings. The maximum absolute atomic E-state index is 11.4. The van der Waals surface area contributed by atoms with Crippen LogP contribution < -0.4 is 0 Å². The SMILES string of the molecule is CSc1ccc(C(C(=O)O)N(C)C2CC2)cc1. The molecule has 0 bridgehead atoms. The van der Waals surface area contributed by atoms with Crippen LogP contribution >= 0.6 is 11.8 Å². The van der Waals surface area contributed by atoms with Crippen LogP contribution in [0.1, 0.15) is 24.4 Å². The minimum atomic E-state index is -0.767. The number of carboxylic acid groups (broad SMARTS) is 1. The fourth-order valence-corrected chi connectivity index (χ4v) is 2.44. The number of hydrogen-bond acceptors (Lipinski definition) is 3. The largest absolute Gasteiger partial charge is 0.480 e. The van der Waals surface area contributed by atoms with Crippen LogP contribution in [-0.2, 0) is 4.79 Å². The minimum absolute atomic E-state index is 0.441. The van der Waals surface area contributed by atoms with Gasteiger partial charge in [-0.25, -0.2) is 0 Å². The first kappa shape index (κ1) is 12.5. The molecule has 0 heterocycles. The Bertz CT molecular complexity index is 400. The van der Waals surface area contributed by atoms with Crippen LogP contribution in [0.5, 0.6) is 0 Å². The second-order valence-corrected chi connectivity index (χ2v) is 5.29. The van der Waals surface area contributed by atoms with E-state index < -0.39 is 12.0 Å². The zero-order valence-electron chi connectivity index (χ0n) is 10.1. The van der Waals surface area contributed by atoms with Crippen molar-refractivity contribution in [3.63, 3.8) is 0 Å². The Hall–Kier alpha value is -1.00. The molecule has 4 heteroatoms. The molecule has 1 aliphatic carbocycles. The average molecular weight is 251 g/mol. The molecule has 1 atom stereocenters. The fraction of sp³-hybridized carbons (Fsp3) is 0.462. The molecule has 17 heavy (non-hydrogen) atoms. The first-order valence-electron chi connectivity index (χ1n) is 5.72. The van der Waals surface area contributed by atoms with Gasteiger partial charge in [-0.1, -0.05) is 12.1 Å². The summed E-state index contributed by atoms with van der Waals surface area (Å²) in [5.41, 5.74) is 0.865. The second-order valence-electron chi connectivity index (χ2n) is 4.41. The predicted molar refractivity (Wildman–Crippen MR) is 69.4 cm³/mol. The number of likely N-dealkylation sites (N-methyl/N-ethyl adjacent to an activating group) is 1. The highest BCUT2D eigenvalue weighted by Crippen LogP contribution is 2.33. The molecule has 0 aromatic heterocycles. The highest BCUT2D eigenvalue weighted by Gasteiger charge is 2.35. The van der Waals surface area contributed by atoms with Crippen molar-refractivity contribution in [1.82, 2.24) is 4.90 Å². The number of thioether (sulfide) groups is 1. The van der Waals surface area contributed by atoms with Crippen molar-refractivity contribution < 1.29 is 9.90 Å². The van der Waals surface area contributed by atoms with Gasteiger partial charge in [0.2, 0.25) is 0 Å². The second kappa shape index (κ2) is 5.10. The predicted octanol–water partition coefficient (Wildman–Crippen LogP) is 2.63. The van der Waals surface area contributed by atoms with Gasteiger partial charge in [0.1, 0.15) is 6.04 Å². The van der Waals surface area contributed by atoms with Gasteiger partial charge < -0.3 is 5.11 Å². The van der Waals surface area contributed by atoms with Crippen LogP contribution in [0.15, 0.2) is 29.2 Å². The normalized spacial score (nSPS) is 17.1. The number of hydrogen-bond donors (Lipinski definition) is 1. The Morgan fingerprint density at radius 2 is 2.00 bits per heavy atom. The zero-order valence-corrected chi connectivity index (χ0v) is 10.9. The van der Waals surface area contributed by atoms with Crippen LogP contribution in [0.3, 0.4) is 0 Å². The Morgan fingerprint density at radius 3 is 2.41 bits per heavy atom. The molecular formula is C13H17NO2S. The molecule has 0 aliphatic heterocycles. The van der Waals surface area contributed by atoms with Crippen LogP contribution in [0, 0.1) is 0 Å². The van der Waals surface area contributed by atoms with Gasteiger partial charge in [0.05, 0.1) is 0 Å². The molecule has 1 fully saturated rings. The van der Waals surface area contributed by atoms with Crippen molar-refractivity contribution in [3.05, 3.63) is 29.8 Å². The van der Waals surface area contributed by atoms with E-state index in [0.29, 0.717) is 6.04 Å². The van der Waals surface area contributed by atoms with Crippen molar-refractivity contribution in [2.75, 3.05) is 13.3 Å². The van der Waals surface area contributed by atoms with Crippen LogP contribution in [-0.4, -0.2) is 35.3 Å². The molecular weight excluding hydrogens is 234 g/mol. The highest BCUT2D eigenvalue weighted by atomic mass is 32.2. The Labute approximate surface area is 106 Å². The first-order chi connectivity index (χ1) is 8.13. The van der Waals surface area contributed by atoms with Crippen LogP contribution in [0.25, 0.3) is 0 Å². The van der Waals surface area contributed by atoms with E-state index in [-0.39, 0.29) is 0 Å². The third kappa shape index (κ3) is 2.82. The highest BCUT2D eigenvalue weighted by molar-refractivity contribution is 7.98. The number of rotatable bonds is 5. The molecule has 0 spiro atoms. The van der Waals surface area contributed by atoms with E-state index >= 15 is 0 Å². The summed E-state index contributed by atoms with van der Waals surface area (Å²) in [6.45, 7) is 0. The summed E-state index contributed by atoms with van der Waals surface area (Å²) in [5.74, 6) is -0.767. The van der Waals surface area contributed by atoms with Gasteiger partial charge in [-0.3, -0.25) is 9.69 Å². The molecule has 3 nitrogen and oxygen atoms in total. The van der Waals surface area contributed by atoms with E-state index in [2.05, 4.69) is 0 Å². The van der Waals surface area contributed by atoms with Crippen LogP contribution in [0.4, 0.5) is 0 Å². The lowest BCUT2D eigenvalue weighted by Gasteiger charge is -2.24. The molecule has 0 saturated heterocycles. The summed E-state index contributed by atoms with van der Waals surface area (Å²) in [7, 11) is 1.90. The topological polar surface area (TPSA) is 40.5 Å². The van der Waals surface area contributed by atoms with Gasteiger partial charge in [-0.05, 0) is 43.8 Å². The number of benzene rings is 1. The summed E-state index contributed by atoms with van der Waals surface area (Å²) in [4.78, 5) is 14.5. The monoisotopic (exact) mass is 251 g/mol. The Kier molecular flexibility index (Phi) is 3.74. The van der Waals surface area contributed by atoms with Gasteiger partial charge in [-0.15, -0.1) is 11.8 Å². The van der Waals surface area contributed by atoms with E-state index in [1.165, 1.54) is 0 Å². The standard InChI is InChI=1S/C13H17NO2S/c1-14(10-5-6-10)12(13(15)16)9-3-7-11(17-2)8-4-9/h3-4,7-8,10,12H,5-6H2,1-2H3,(H,15,16). The van der Waals surface area contributed by atoms with E-state index in [0.717, 1.165) is 23.3 Å². The van der Waals surface area contributed by atoms with Gasteiger partial charge in [-0.2, -0.15) is 0 Å². The van der Waals surface area contributed by atoms with E-state index in [9.17, 15) is 9.90 Å². The third-order valence-corrected chi connectivity index (χ3v) is 3.94. The zero-order chi connectivity index (χ0) is 12.4. The lowest BCUT2D eigenvalue weighted by molar-refractivity contribution is -0.143. The third-order valence-electron chi connectivity index (χ3n) is 3.20. The molecule has 1 unspecified atom stereocenters. The molecule has 1 aromatic carbocycles. The lowest BCUT2D eigenvalue weighted by Crippen LogP contribution is -2.32. The van der Waals surface area contributed by atoms with E-state index in [4.69, 9.17) is 0 Å². The first-order valence-corrected chi connectivity index (χ1v) is 6.94. The number of carbonyl (C=O) groups is 1. The number of nitrogens with zero attached hydrogens (tertiary/aromatic N) is 1. The van der Waals surface area contributed by atoms with Crippen LogP contribution in [0.2, 0.25) is 0 Å². The molecule has 1 saturated carbocycles. The van der Waals surface area contributed by atoms with Crippen molar-refractivity contribution in [2.24, 2.45) is 0 Å². The summed E-state index contributed by atoms with van der Waals surface area (Å²) < 4.78 is 0. The molecule has 0 radical (unpaired) electrons. The molecule has 1 N–H and O–H groups in total. The van der Waals surface area contributed by atoms with Gasteiger partial charge >= 0.3 is 5.97 Å². The number of aliphatic carboxylic acids is 1. The van der Waals surface area contributed by atoms with E-state index in [1.807, 2.05) is 42.5 Å². The fourth-order valence-electron chi connectivity index (χ4n) is 2.03. The number of carboxylic acids is 1. The average Bonchev–Trinajstić information content (AvgIpc) is 3.13.